The zero-order valence-corrected chi connectivity index (χ0v) is 32.2. The van der Waals surface area contributed by atoms with Crippen LogP contribution in [0.25, 0.3) is 87.5 Å². The van der Waals surface area contributed by atoms with Crippen LogP contribution >= 0.6 is 11.3 Å². The molecule has 1 unspecified atom stereocenters. The summed E-state index contributed by atoms with van der Waals surface area (Å²) in [7, 11) is 0. The summed E-state index contributed by atoms with van der Waals surface area (Å²) >= 11 is 1.87. The van der Waals surface area contributed by atoms with Gasteiger partial charge in [0.25, 0.3) is 0 Å². The third-order valence-electron chi connectivity index (χ3n) is 11.8. The van der Waals surface area contributed by atoms with Gasteiger partial charge in [0.05, 0.1) is 11.4 Å². The minimum absolute atomic E-state index is 0.302. The van der Waals surface area contributed by atoms with Gasteiger partial charge in [-0.05, 0) is 69.6 Å². The first-order valence-electron chi connectivity index (χ1n) is 19.5. The summed E-state index contributed by atoms with van der Waals surface area (Å²) in [5.74, 6) is 0.708. The second-order valence-electron chi connectivity index (χ2n) is 15.0. The van der Waals surface area contributed by atoms with E-state index in [0.29, 0.717) is 5.82 Å². The monoisotopic (exact) mass is 744 g/mol. The van der Waals surface area contributed by atoms with Gasteiger partial charge in [0.1, 0.15) is 0 Å². The highest BCUT2D eigenvalue weighted by molar-refractivity contribution is 7.26. The van der Waals surface area contributed by atoms with Gasteiger partial charge in [-0.3, -0.25) is 0 Å². The maximum Gasteiger partial charge on any atom is 0.160 e. The Labute approximate surface area is 336 Å². The first-order chi connectivity index (χ1) is 28.1. The van der Waals surface area contributed by atoms with Crippen LogP contribution in [0.4, 0.5) is 0 Å². The Morgan fingerprint density at radius 2 is 0.982 bits per heavy atom. The summed E-state index contributed by atoms with van der Waals surface area (Å²) in [4.78, 5) is 10.6. The molecule has 268 valence electrons. The molecule has 0 spiro atoms. The maximum absolute atomic E-state index is 5.34. The molecule has 0 saturated carbocycles. The topological polar surface area (TPSA) is 25.8 Å². The van der Waals surface area contributed by atoms with E-state index in [9.17, 15) is 0 Å². The molecule has 2 aromatic heterocycles. The van der Waals surface area contributed by atoms with Gasteiger partial charge in [0.15, 0.2) is 5.82 Å². The lowest BCUT2D eigenvalue weighted by atomic mass is 9.74. The molecule has 0 amide bonds. The quantitative estimate of drug-likeness (QED) is 0.169. The molecule has 1 atom stereocenters. The second kappa shape index (κ2) is 13.4. The Balaban J connectivity index is 1.09. The summed E-state index contributed by atoms with van der Waals surface area (Å²) < 4.78 is 2.63. The van der Waals surface area contributed by atoms with Crippen LogP contribution in [-0.4, -0.2) is 9.97 Å². The molecule has 11 rings (SSSR count). The Bertz CT molecular complexity index is 3140. The molecule has 0 N–H and O–H groups in total. The van der Waals surface area contributed by atoms with E-state index in [4.69, 9.17) is 9.97 Å². The number of thiophene rings is 1. The van der Waals surface area contributed by atoms with Crippen molar-refractivity contribution in [3.05, 3.63) is 217 Å². The molecule has 1 aliphatic rings. The van der Waals surface area contributed by atoms with Crippen LogP contribution in [0.1, 0.15) is 23.6 Å². The highest BCUT2D eigenvalue weighted by atomic mass is 32.1. The predicted molar refractivity (Wildman–Crippen MR) is 240 cm³/mol. The van der Waals surface area contributed by atoms with Crippen LogP contribution in [0.3, 0.4) is 0 Å². The standard InChI is InChI=1S/C54H36N2S/c1-54(38-21-6-3-7-22-38)46-30-12-10-26-44(46)51-45(29-16-31-47(51)54)49-34-48(55-53(56-49)35-17-4-2-5-18-35)37-20-14-19-36(33-37)39-23-8-9-24-40(39)42-27-15-28-43-41-25-11-13-32-50(41)57-52(42)43/h2-34H,1H3. The van der Waals surface area contributed by atoms with Crippen molar-refractivity contribution in [2.45, 2.75) is 12.3 Å². The van der Waals surface area contributed by atoms with Crippen LogP contribution in [0.2, 0.25) is 0 Å². The number of aromatic nitrogens is 2. The van der Waals surface area contributed by atoms with Crippen molar-refractivity contribution in [2.75, 3.05) is 0 Å². The van der Waals surface area contributed by atoms with Gasteiger partial charge in [-0.25, -0.2) is 9.97 Å². The normalized spacial score (nSPS) is 14.5. The third kappa shape index (κ3) is 5.38. The van der Waals surface area contributed by atoms with E-state index in [1.54, 1.807) is 0 Å². The van der Waals surface area contributed by atoms with Crippen molar-refractivity contribution in [1.29, 1.82) is 0 Å². The van der Waals surface area contributed by atoms with E-state index in [1.165, 1.54) is 64.7 Å². The van der Waals surface area contributed by atoms with E-state index in [0.717, 1.165) is 33.6 Å². The van der Waals surface area contributed by atoms with Gasteiger partial charge >= 0.3 is 0 Å². The molecule has 8 aromatic carbocycles. The largest absolute Gasteiger partial charge is 0.228 e. The molecule has 0 fully saturated rings. The molecule has 0 radical (unpaired) electrons. The number of benzene rings is 8. The maximum atomic E-state index is 5.34. The van der Waals surface area contributed by atoms with Crippen LogP contribution in [0, 0.1) is 0 Å². The number of nitrogens with zero attached hydrogens (tertiary/aromatic N) is 2. The fourth-order valence-electron chi connectivity index (χ4n) is 9.06. The second-order valence-corrected chi connectivity index (χ2v) is 16.1. The van der Waals surface area contributed by atoms with E-state index in [2.05, 4.69) is 201 Å². The summed E-state index contributed by atoms with van der Waals surface area (Å²) in [6.07, 6.45) is 0. The van der Waals surface area contributed by atoms with Gasteiger partial charge in [-0.1, -0.05) is 182 Å². The van der Waals surface area contributed by atoms with Crippen molar-refractivity contribution >= 4 is 31.5 Å². The number of hydrogen-bond donors (Lipinski definition) is 0. The summed E-state index contributed by atoms with van der Waals surface area (Å²) in [6, 6.07) is 72.1. The minimum Gasteiger partial charge on any atom is -0.228 e. The Morgan fingerprint density at radius 1 is 0.404 bits per heavy atom. The van der Waals surface area contributed by atoms with Crippen molar-refractivity contribution in [3.8, 4) is 67.3 Å². The molecule has 0 saturated heterocycles. The lowest BCUT2D eigenvalue weighted by Crippen LogP contribution is -2.22. The molecule has 10 aromatic rings. The SMILES string of the molecule is CC1(c2ccccc2)c2ccccc2-c2c(-c3cc(-c4cccc(-c5ccccc5-c5cccc6c5sc5ccccc56)c4)nc(-c4ccccc4)n3)cccc21. The molecule has 3 heteroatoms. The first-order valence-corrected chi connectivity index (χ1v) is 20.3. The van der Waals surface area contributed by atoms with E-state index in [1.807, 2.05) is 17.4 Å². The minimum atomic E-state index is -0.302. The van der Waals surface area contributed by atoms with E-state index in [-0.39, 0.29) is 5.41 Å². The van der Waals surface area contributed by atoms with Gasteiger partial charge in [-0.15, -0.1) is 11.3 Å². The zero-order valence-electron chi connectivity index (χ0n) is 31.4. The smallest absolute Gasteiger partial charge is 0.160 e. The molecule has 2 heterocycles. The Kier molecular flexibility index (Phi) is 7.84. The van der Waals surface area contributed by atoms with Crippen LogP contribution in [-0.2, 0) is 5.41 Å². The number of rotatable bonds is 6. The molecule has 2 nitrogen and oxygen atoms in total. The van der Waals surface area contributed by atoms with Gasteiger partial charge in [0, 0.05) is 47.8 Å². The average Bonchev–Trinajstić information content (AvgIpc) is 3.80. The Morgan fingerprint density at radius 3 is 1.84 bits per heavy atom. The van der Waals surface area contributed by atoms with Crippen molar-refractivity contribution in [1.82, 2.24) is 9.97 Å². The van der Waals surface area contributed by atoms with Crippen LogP contribution in [0.5, 0.6) is 0 Å². The fraction of sp³-hybridized carbons (Fsp3) is 0.0370. The fourth-order valence-corrected chi connectivity index (χ4v) is 10.3. The zero-order chi connectivity index (χ0) is 37.9. The Hall–Kier alpha value is -6.94. The highest BCUT2D eigenvalue weighted by Crippen LogP contribution is 2.55. The molecule has 57 heavy (non-hydrogen) atoms. The summed E-state index contributed by atoms with van der Waals surface area (Å²) in [6.45, 7) is 2.36. The van der Waals surface area contributed by atoms with Crippen molar-refractivity contribution in [3.63, 3.8) is 0 Å². The van der Waals surface area contributed by atoms with Crippen LogP contribution in [0.15, 0.2) is 200 Å². The summed E-state index contributed by atoms with van der Waals surface area (Å²) in [5, 5.41) is 2.61. The predicted octanol–water partition coefficient (Wildman–Crippen LogP) is 14.5. The van der Waals surface area contributed by atoms with Crippen molar-refractivity contribution < 1.29 is 0 Å². The van der Waals surface area contributed by atoms with E-state index < -0.39 is 0 Å². The lowest BCUT2D eigenvalue weighted by molar-refractivity contribution is 0.714. The molecular weight excluding hydrogens is 709 g/mol. The molecule has 0 bridgehead atoms. The lowest BCUT2D eigenvalue weighted by Gasteiger charge is -2.28. The van der Waals surface area contributed by atoms with Gasteiger partial charge in [0.2, 0.25) is 0 Å². The first kappa shape index (κ1) is 33.4. The van der Waals surface area contributed by atoms with Gasteiger partial charge < -0.3 is 0 Å². The number of hydrogen-bond acceptors (Lipinski definition) is 3. The van der Waals surface area contributed by atoms with Crippen LogP contribution < -0.4 is 0 Å². The molecule has 1 aliphatic carbocycles. The molecular formula is C54H36N2S. The van der Waals surface area contributed by atoms with Crippen molar-refractivity contribution in [2.24, 2.45) is 0 Å². The molecule has 0 aliphatic heterocycles. The third-order valence-corrected chi connectivity index (χ3v) is 13.0. The van der Waals surface area contributed by atoms with Gasteiger partial charge in [-0.2, -0.15) is 0 Å². The summed E-state index contributed by atoms with van der Waals surface area (Å²) in [5.41, 5.74) is 15.8. The highest BCUT2D eigenvalue weighted by Gasteiger charge is 2.41. The number of fused-ring (bicyclic) bond motifs is 6. The van der Waals surface area contributed by atoms with E-state index >= 15 is 0 Å². The average molecular weight is 745 g/mol.